The summed E-state index contributed by atoms with van der Waals surface area (Å²) in [6.07, 6.45) is 6.94. The summed E-state index contributed by atoms with van der Waals surface area (Å²) in [7, 11) is 0. The normalized spacial score (nSPS) is 26.4. The van der Waals surface area contributed by atoms with E-state index in [1.807, 2.05) is 0 Å². The molecule has 2 aromatic heterocycles. The number of nitrogens with one attached hydrogen (secondary N) is 1. The zero-order chi connectivity index (χ0) is 24.6. The van der Waals surface area contributed by atoms with Crippen molar-refractivity contribution in [3.8, 4) is 5.69 Å². The summed E-state index contributed by atoms with van der Waals surface area (Å²) >= 11 is 0. The van der Waals surface area contributed by atoms with Gasteiger partial charge in [0.25, 0.3) is 0 Å². The van der Waals surface area contributed by atoms with Crippen LogP contribution >= 0.6 is 0 Å². The first-order valence-corrected chi connectivity index (χ1v) is 12.7. The second-order valence-electron chi connectivity index (χ2n) is 11.0. The zero-order valence-corrected chi connectivity index (χ0v) is 19.8. The maximum Gasteiger partial charge on any atom is 0.306 e. The van der Waals surface area contributed by atoms with Crippen LogP contribution in [0.3, 0.4) is 0 Å². The smallest absolute Gasteiger partial charge is 0.306 e. The van der Waals surface area contributed by atoms with Gasteiger partial charge in [-0.2, -0.15) is 5.10 Å². The number of aromatic amines is 1. The minimum atomic E-state index is -0.866. The van der Waals surface area contributed by atoms with E-state index in [1.54, 1.807) is 12.3 Å². The van der Waals surface area contributed by atoms with Crippen molar-refractivity contribution in [2.75, 3.05) is 13.2 Å². The van der Waals surface area contributed by atoms with Gasteiger partial charge in [0, 0.05) is 47.4 Å². The number of H-pyrrole nitrogens is 1. The number of carboxylic acid groups (broad SMARTS) is 1. The Hall–Kier alpha value is -3.26. The first-order chi connectivity index (χ1) is 17.4. The average molecular weight is 492 g/mol. The lowest BCUT2D eigenvalue weighted by molar-refractivity contribution is -0.155. The van der Waals surface area contributed by atoms with Crippen molar-refractivity contribution in [1.82, 2.24) is 14.8 Å². The molecule has 2 aliphatic carbocycles. The number of hydrogen-bond donors (Lipinski definition) is 2. The van der Waals surface area contributed by atoms with Gasteiger partial charge in [-0.1, -0.05) is 0 Å². The molecule has 6 nitrogen and oxygen atoms in total. The number of nitrogens with zero attached hydrogens (tertiary/aromatic N) is 2. The summed E-state index contributed by atoms with van der Waals surface area (Å²) < 4.78 is 36.2. The molecule has 0 amide bonds. The number of rotatable bonds is 4. The van der Waals surface area contributed by atoms with Crippen molar-refractivity contribution in [2.24, 2.45) is 11.3 Å². The molecule has 0 unspecified atom stereocenters. The van der Waals surface area contributed by atoms with Crippen LogP contribution in [0.4, 0.5) is 8.78 Å². The van der Waals surface area contributed by atoms with E-state index in [0.29, 0.717) is 24.8 Å². The van der Waals surface area contributed by atoms with E-state index >= 15 is 0 Å². The van der Waals surface area contributed by atoms with Crippen LogP contribution in [0.2, 0.25) is 0 Å². The topological polar surface area (TPSA) is 80.1 Å². The van der Waals surface area contributed by atoms with Gasteiger partial charge >= 0.3 is 5.97 Å². The van der Waals surface area contributed by atoms with Crippen LogP contribution in [-0.2, 0) is 9.53 Å². The van der Waals surface area contributed by atoms with Crippen molar-refractivity contribution >= 4 is 27.8 Å². The number of carboxylic acids is 1. The van der Waals surface area contributed by atoms with E-state index in [1.165, 1.54) is 17.7 Å². The van der Waals surface area contributed by atoms with Gasteiger partial charge in [0.15, 0.2) is 11.6 Å². The number of aliphatic carboxylic acids is 1. The molecule has 0 bridgehead atoms. The molecule has 2 saturated carbocycles. The largest absolute Gasteiger partial charge is 0.481 e. The number of ether oxygens (including phenoxy) is 1. The van der Waals surface area contributed by atoms with Gasteiger partial charge in [0.2, 0.25) is 0 Å². The molecule has 36 heavy (non-hydrogen) atoms. The molecule has 1 aliphatic heterocycles. The first kappa shape index (κ1) is 22.0. The molecule has 3 heterocycles. The lowest BCUT2D eigenvalue weighted by atomic mass is 9.47. The second kappa shape index (κ2) is 7.87. The van der Waals surface area contributed by atoms with Gasteiger partial charge in [-0.3, -0.25) is 9.89 Å². The Kier molecular flexibility index (Phi) is 4.80. The van der Waals surface area contributed by atoms with Gasteiger partial charge in [-0.15, -0.1) is 0 Å². The van der Waals surface area contributed by atoms with Crippen molar-refractivity contribution < 1.29 is 23.4 Å². The number of fused-ring (bicyclic) bond motifs is 2. The van der Waals surface area contributed by atoms with Crippen molar-refractivity contribution in [3.63, 3.8) is 0 Å². The average Bonchev–Trinajstić information content (AvgIpc) is 3.40. The summed E-state index contributed by atoms with van der Waals surface area (Å²) in [6.45, 7) is 1.34. The highest BCUT2D eigenvalue weighted by Gasteiger charge is 2.56. The lowest BCUT2D eigenvalue weighted by Crippen LogP contribution is -2.49. The molecule has 186 valence electrons. The summed E-state index contributed by atoms with van der Waals surface area (Å²) in [5, 5.41) is 18.7. The van der Waals surface area contributed by atoms with Crippen molar-refractivity contribution in [3.05, 3.63) is 59.4 Å². The molecule has 4 aromatic rings. The van der Waals surface area contributed by atoms with Crippen LogP contribution in [0.1, 0.15) is 61.6 Å². The minimum absolute atomic E-state index is 0.120. The Bertz CT molecular complexity index is 1500. The van der Waals surface area contributed by atoms with Crippen LogP contribution in [0.25, 0.3) is 27.5 Å². The molecule has 8 heteroatoms. The quantitative estimate of drug-likeness (QED) is 0.365. The molecular formula is C28H27F2N3O3. The van der Waals surface area contributed by atoms with E-state index in [-0.39, 0.29) is 17.3 Å². The van der Waals surface area contributed by atoms with Crippen LogP contribution in [0.5, 0.6) is 0 Å². The predicted octanol–water partition coefficient (Wildman–Crippen LogP) is 6.04. The Morgan fingerprint density at radius 2 is 1.83 bits per heavy atom. The molecular weight excluding hydrogens is 464 g/mol. The molecule has 0 radical (unpaired) electrons. The molecule has 7 rings (SSSR count). The van der Waals surface area contributed by atoms with E-state index < -0.39 is 17.6 Å². The molecule has 2 aromatic carbocycles. The predicted molar refractivity (Wildman–Crippen MR) is 130 cm³/mol. The van der Waals surface area contributed by atoms with Gasteiger partial charge in [0.05, 0.1) is 23.1 Å². The highest BCUT2D eigenvalue weighted by atomic mass is 19.2. The van der Waals surface area contributed by atoms with E-state index in [9.17, 15) is 18.7 Å². The monoisotopic (exact) mass is 491 g/mol. The third-order valence-electron chi connectivity index (χ3n) is 8.85. The second-order valence-corrected chi connectivity index (χ2v) is 11.0. The molecule has 3 fully saturated rings. The third-order valence-corrected chi connectivity index (χ3v) is 8.85. The Morgan fingerprint density at radius 3 is 2.56 bits per heavy atom. The van der Waals surface area contributed by atoms with E-state index in [0.717, 1.165) is 66.0 Å². The van der Waals surface area contributed by atoms with E-state index in [2.05, 4.69) is 26.9 Å². The number of hydrogen-bond acceptors (Lipinski definition) is 3. The summed E-state index contributed by atoms with van der Waals surface area (Å²) in [4.78, 5) is 11.4. The Labute approximate surface area is 206 Å². The molecule has 1 saturated heterocycles. The number of aromatic nitrogens is 3. The Balaban J connectivity index is 1.43. The van der Waals surface area contributed by atoms with Crippen molar-refractivity contribution in [2.45, 2.75) is 50.4 Å². The van der Waals surface area contributed by atoms with Gasteiger partial charge in [0.1, 0.15) is 0 Å². The SMILES string of the molecule is O=C(O)C1CC2(C1)CC(c1c(C3CCOCC3)n(-c3ccc(F)c(F)c3)c3cc4cn[nH]c4cc13)C2. The van der Waals surface area contributed by atoms with Gasteiger partial charge in [-0.05, 0) is 79.7 Å². The number of halogens is 2. The highest BCUT2D eigenvalue weighted by Crippen LogP contribution is 2.65. The minimum Gasteiger partial charge on any atom is -0.481 e. The summed E-state index contributed by atoms with van der Waals surface area (Å²) in [6, 6.07) is 8.35. The fourth-order valence-electron chi connectivity index (χ4n) is 7.16. The fraction of sp³-hybridized carbons (Fsp3) is 0.429. The van der Waals surface area contributed by atoms with Crippen LogP contribution < -0.4 is 0 Å². The standard InChI is InChI=1S/C28H27F2N3O3/c29-21-2-1-19(8-22(21)30)33-24-7-16-14-31-32-23(16)9-20(24)25(26(33)15-3-5-36-6-4-15)17-10-28(11-17)12-18(13-28)27(34)35/h1-2,7-9,14-15,17-18H,3-6,10-13H2,(H,31,32)(H,34,35). The van der Waals surface area contributed by atoms with E-state index in [4.69, 9.17) is 4.74 Å². The van der Waals surface area contributed by atoms with Crippen LogP contribution in [-0.4, -0.2) is 39.1 Å². The van der Waals surface area contributed by atoms with Crippen LogP contribution in [0, 0.1) is 23.0 Å². The third kappa shape index (κ3) is 3.23. The maximum absolute atomic E-state index is 14.5. The first-order valence-electron chi connectivity index (χ1n) is 12.7. The lowest BCUT2D eigenvalue weighted by Gasteiger charge is -2.57. The molecule has 0 atom stereocenters. The molecule has 1 spiro atoms. The molecule has 3 aliphatic rings. The van der Waals surface area contributed by atoms with Gasteiger partial charge in [-0.25, -0.2) is 8.78 Å². The molecule has 2 N–H and O–H groups in total. The van der Waals surface area contributed by atoms with Crippen LogP contribution in [0.15, 0.2) is 36.5 Å². The maximum atomic E-state index is 14.5. The number of carbonyl (C=O) groups is 1. The summed E-state index contributed by atoms with van der Waals surface area (Å²) in [5.74, 6) is -2.12. The van der Waals surface area contributed by atoms with Gasteiger partial charge < -0.3 is 14.4 Å². The zero-order valence-electron chi connectivity index (χ0n) is 19.8. The highest BCUT2D eigenvalue weighted by molar-refractivity contribution is 5.99. The van der Waals surface area contributed by atoms with Crippen molar-refractivity contribution in [1.29, 1.82) is 0 Å². The fourth-order valence-corrected chi connectivity index (χ4v) is 7.16. The Morgan fingerprint density at radius 1 is 1.06 bits per heavy atom. The number of benzene rings is 2. The summed E-state index contributed by atoms with van der Waals surface area (Å²) in [5.41, 5.74) is 5.06.